The van der Waals surface area contributed by atoms with Gasteiger partial charge in [-0.05, 0) is 37.0 Å². The quantitative estimate of drug-likeness (QED) is 0.827. The molecule has 1 rings (SSSR count). The SMILES string of the molecule is CC(C)CCCS(=O)(=O)c1ccc(N)cc1F. The van der Waals surface area contributed by atoms with Crippen molar-refractivity contribution in [1.82, 2.24) is 0 Å². The van der Waals surface area contributed by atoms with Crippen LogP contribution in [0, 0.1) is 11.7 Å². The number of halogens is 1. The fourth-order valence-corrected chi connectivity index (χ4v) is 2.96. The van der Waals surface area contributed by atoms with E-state index >= 15 is 0 Å². The van der Waals surface area contributed by atoms with Crippen LogP contribution in [-0.2, 0) is 9.84 Å². The maximum atomic E-state index is 13.5. The van der Waals surface area contributed by atoms with Gasteiger partial charge in [0.2, 0.25) is 0 Å². The Kier molecular flexibility index (Phi) is 4.51. The minimum atomic E-state index is -3.53. The van der Waals surface area contributed by atoms with Crippen molar-refractivity contribution in [3.63, 3.8) is 0 Å². The molecule has 0 heterocycles. The number of hydrogen-bond acceptors (Lipinski definition) is 3. The summed E-state index contributed by atoms with van der Waals surface area (Å²) < 4.78 is 37.2. The highest BCUT2D eigenvalue weighted by molar-refractivity contribution is 7.91. The lowest BCUT2D eigenvalue weighted by atomic mass is 10.1. The van der Waals surface area contributed by atoms with Crippen LogP contribution in [-0.4, -0.2) is 14.2 Å². The van der Waals surface area contributed by atoms with E-state index in [-0.39, 0.29) is 16.3 Å². The lowest BCUT2D eigenvalue weighted by Gasteiger charge is -2.07. The summed E-state index contributed by atoms with van der Waals surface area (Å²) in [6.07, 6.45) is 1.36. The van der Waals surface area contributed by atoms with Crippen molar-refractivity contribution >= 4 is 15.5 Å². The van der Waals surface area contributed by atoms with Crippen molar-refractivity contribution in [2.24, 2.45) is 5.92 Å². The van der Waals surface area contributed by atoms with E-state index in [1.807, 2.05) is 13.8 Å². The van der Waals surface area contributed by atoms with Crippen LogP contribution >= 0.6 is 0 Å². The average Bonchev–Trinajstić information content (AvgIpc) is 2.15. The van der Waals surface area contributed by atoms with E-state index in [0.29, 0.717) is 12.3 Å². The Labute approximate surface area is 102 Å². The number of benzene rings is 1. The molecule has 0 aliphatic heterocycles. The number of hydrogen-bond donors (Lipinski definition) is 1. The minimum Gasteiger partial charge on any atom is -0.399 e. The molecule has 0 saturated heterocycles. The molecular formula is C12H18FNO2S. The van der Waals surface area contributed by atoms with Gasteiger partial charge in [0.1, 0.15) is 10.7 Å². The molecule has 0 amide bonds. The van der Waals surface area contributed by atoms with Crippen LogP contribution in [0.2, 0.25) is 0 Å². The van der Waals surface area contributed by atoms with Crippen LogP contribution in [0.25, 0.3) is 0 Å². The minimum absolute atomic E-state index is 0.0218. The molecule has 17 heavy (non-hydrogen) atoms. The number of sulfone groups is 1. The highest BCUT2D eigenvalue weighted by atomic mass is 32.2. The molecule has 5 heteroatoms. The lowest BCUT2D eigenvalue weighted by molar-refractivity contribution is 0.550. The summed E-state index contributed by atoms with van der Waals surface area (Å²) in [5, 5.41) is 0. The van der Waals surface area contributed by atoms with Crippen LogP contribution in [0.15, 0.2) is 23.1 Å². The van der Waals surface area contributed by atoms with Gasteiger partial charge >= 0.3 is 0 Å². The van der Waals surface area contributed by atoms with E-state index in [1.165, 1.54) is 12.1 Å². The van der Waals surface area contributed by atoms with Gasteiger partial charge in [0.15, 0.2) is 9.84 Å². The Morgan fingerprint density at radius 2 is 2.00 bits per heavy atom. The van der Waals surface area contributed by atoms with Gasteiger partial charge in [-0.2, -0.15) is 0 Å². The zero-order valence-corrected chi connectivity index (χ0v) is 10.9. The molecule has 0 saturated carbocycles. The number of rotatable bonds is 5. The second-order valence-corrected chi connectivity index (χ2v) is 6.62. The van der Waals surface area contributed by atoms with Gasteiger partial charge < -0.3 is 5.73 Å². The molecule has 2 N–H and O–H groups in total. The summed E-state index contributed by atoms with van der Waals surface area (Å²) in [7, 11) is -3.53. The monoisotopic (exact) mass is 259 g/mol. The maximum absolute atomic E-state index is 13.5. The van der Waals surface area contributed by atoms with Gasteiger partial charge in [-0.1, -0.05) is 13.8 Å². The summed E-state index contributed by atoms with van der Waals surface area (Å²) in [6.45, 7) is 4.05. The van der Waals surface area contributed by atoms with Gasteiger partial charge in [-0.15, -0.1) is 0 Å². The van der Waals surface area contributed by atoms with Crippen LogP contribution in [0.3, 0.4) is 0 Å². The van der Waals surface area contributed by atoms with Crippen molar-refractivity contribution < 1.29 is 12.8 Å². The third kappa shape index (κ3) is 4.00. The summed E-state index contributed by atoms with van der Waals surface area (Å²) in [4.78, 5) is -0.254. The largest absolute Gasteiger partial charge is 0.399 e. The molecular weight excluding hydrogens is 241 g/mol. The second-order valence-electron chi connectivity index (χ2n) is 4.54. The van der Waals surface area contributed by atoms with Gasteiger partial charge in [0.05, 0.1) is 5.75 Å². The normalized spacial score (nSPS) is 12.0. The molecule has 0 radical (unpaired) electrons. The van der Waals surface area contributed by atoms with Crippen molar-refractivity contribution in [3.8, 4) is 0 Å². The van der Waals surface area contributed by atoms with E-state index < -0.39 is 15.7 Å². The molecule has 0 aromatic heterocycles. The Hall–Kier alpha value is -1.10. The molecule has 0 fully saturated rings. The number of nitrogen functional groups attached to an aromatic ring is 1. The molecule has 96 valence electrons. The molecule has 0 spiro atoms. The first-order valence-corrected chi connectivity index (χ1v) is 7.26. The van der Waals surface area contributed by atoms with Crippen LogP contribution in [0.4, 0.5) is 10.1 Å². The predicted octanol–water partition coefficient (Wildman–Crippen LogP) is 2.62. The van der Waals surface area contributed by atoms with Crippen LogP contribution in [0.5, 0.6) is 0 Å². The van der Waals surface area contributed by atoms with Crippen molar-refractivity contribution in [2.45, 2.75) is 31.6 Å². The third-order valence-corrected chi connectivity index (χ3v) is 4.31. The van der Waals surface area contributed by atoms with E-state index in [9.17, 15) is 12.8 Å². The Morgan fingerprint density at radius 1 is 1.35 bits per heavy atom. The highest BCUT2D eigenvalue weighted by Gasteiger charge is 2.18. The van der Waals surface area contributed by atoms with Gasteiger partial charge in [0.25, 0.3) is 0 Å². The van der Waals surface area contributed by atoms with E-state index in [0.717, 1.165) is 12.5 Å². The maximum Gasteiger partial charge on any atom is 0.181 e. The Balaban J connectivity index is 2.83. The molecule has 1 aromatic carbocycles. The van der Waals surface area contributed by atoms with E-state index in [4.69, 9.17) is 5.73 Å². The Morgan fingerprint density at radius 3 is 2.53 bits per heavy atom. The zero-order chi connectivity index (χ0) is 13.1. The van der Waals surface area contributed by atoms with E-state index in [2.05, 4.69) is 0 Å². The smallest absolute Gasteiger partial charge is 0.181 e. The Bertz CT molecular complexity index is 483. The number of nitrogens with two attached hydrogens (primary N) is 1. The van der Waals surface area contributed by atoms with Crippen molar-refractivity contribution in [2.75, 3.05) is 11.5 Å². The van der Waals surface area contributed by atoms with Crippen molar-refractivity contribution in [3.05, 3.63) is 24.0 Å². The lowest BCUT2D eigenvalue weighted by Crippen LogP contribution is -2.10. The fraction of sp³-hybridized carbons (Fsp3) is 0.500. The molecule has 0 aliphatic rings. The first-order valence-electron chi connectivity index (χ1n) is 5.60. The molecule has 0 bridgehead atoms. The molecule has 0 unspecified atom stereocenters. The van der Waals surface area contributed by atoms with Gasteiger partial charge in [-0.3, -0.25) is 0 Å². The van der Waals surface area contributed by atoms with Crippen LogP contribution < -0.4 is 5.73 Å². The first-order chi connectivity index (χ1) is 7.83. The van der Waals surface area contributed by atoms with E-state index in [1.54, 1.807) is 0 Å². The average molecular weight is 259 g/mol. The second kappa shape index (κ2) is 5.49. The summed E-state index contributed by atoms with van der Waals surface area (Å²) in [6, 6.07) is 3.67. The third-order valence-electron chi connectivity index (χ3n) is 2.49. The fourth-order valence-electron chi connectivity index (χ4n) is 1.56. The zero-order valence-electron chi connectivity index (χ0n) is 10.1. The summed E-state index contributed by atoms with van der Waals surface area (Å²) in [5.41, 5.74) is 5.60. The molecule has 1 aromatic rings. The molecule has 0 aliphatic carbocycles. The summed E-state index contributed by atoms with van der Waals surface area (Å²) in [5.74, 6) is -0.345. The molecule has 0 atom stereocenters. The first kappa shape index (κ1) is 14.0. The highest BCUT2D eigenvalue weighted by Crippen LogP contribution is 2.20. The van der Waals surface area contributed by atoms with Gasteiger partial charge in [-0.25, -0.2) is 12.8 Å². The molecule has 3 nitrogen and oxygen atoms in total. The standard InChI is InChI=1S/C12H18FNO2S/c1-9(2)4-3-7-17(15,16)12-6-5-10(14)8-11(12)13/h5-6,8-9H,3-4,7,14H2,1-2H3. The number of anilines is 1. The predicted molar refractivity (Wildman–Crippen MR) is 66.9 cm³/mol. The topological polar surface area (TPSA) is 60.2 Å². The summed E-state index contributed by atoms with van der Waals surface area (Å²) >= 11 is 0. The van der Waals surface area contributed by atoms with Crippen molar-refractivity contribution in [1.29, 1.82) is 0 Å². The van der Waals surface area contributed by atoms with Gasteiger partial charge in [0, 0.05) is 5.69 Å². The van der Waals surface area contributed by atoms with Crippen LogP contribution in [0.1, 0.15) is 26.7 Å².